The lowest BCUT2D eigenvalue weighted by molar-refractivity contribution is -0.167. The van der Waals surface area contributed by atoms with Gasteiger partial charge in [-0.05, 0) is 89.9 Å². The second-order valence-electron chi connectivity index (χ2n) is 24.5. The number of hydrogen-bond acceptors (Lipinski definition) is 6. The molecule has 0 aliphatic carbocycles. The number of rotatable bonds is 67. The van der Waals surface area contributed by atoms with E-state index in [1.165, 1.54) is 231 Å². The molecule has 6 heteroatoms. The van der Waals surface area contributed by atoms with Crippen LogP contribution in [-0.4, -0.2) is 37.2 Å². The number of allylic oxidation sites excluding steroid dienone is 12. The molecule has 1 unspecified atom stereocenters. The molecule has 0 aromatic rings. The molecule has 0 aromatic carbocycles. The first kappa shape index (κ1) is 79.8. The van der Waals surface area contributed by atoms with Gasteiger partial charge in [-0.3, -0.25) is 14.4 Å². The van der Waals surface area contributed by atoms with E-state index in [0.717, 1.165) is 109 Å². The second-order valence-corrected chi connectivity index (χ2v) is 24.5. The average molecular weight is 1160 g/mol. The first-order valence-corrected chi connectivity index (χ1v) is 36.4. The highest BCUT2D eigenvalue weighted by atomic mass is 16.6. The summed E-state index contributed by atoms with van der Waals surface area (Å²) < 4.78 is 17.0. The summed E-state index contributed by atoms with van der Waals surface area (Å²) in [6, 6.07) is 0. The van der Waals surface area contributed by atoms with E-state index in [1.54, 1.807) is 0 Å². The Bertz CT molecular complexity index is 1520. The summed E-state index contributed by atoms with van der Waals surface area (Å²) in [7, 11) is 0. The Kier molecular flexibility index (Phi) is 68.6. The summed E-state index contributed by atoms with van der Waals surface area (Å²) >= 11 is 0. The lowest BCUT2D eigenvalue weighted by atomic mass is 10.0. The van der Waals surface area contributed by atoms with Crippen LogP contribution in [0.15, 0.2) is 72.9 Å². The van der Waals surface area contributed by atoms with Crippen molar-refractivity contribution in [1.29, 1.82) is 0 Å². The Balaban J connectivity index is 4.28. The Morgan fingerprint density at radius 2 is 0.470 bits per heavy atom. The highest BCUT2D eigenvalue weighted by Crippen LogP contribution is 2.18. The number of carbonyl (C=O) groups is 3. The molecule has 0 aromatic heterocycles. The SMILES string of the molecule is CC/C=C\C/C=C\C/C=C\CCCCCCCC(=O)OCC(COC(=O)CCCCCCCCCCCCCC/C=C\C/C=C\C/C=C\CCCCCCC)OC(=O)CCCCCCCCCCCCCCCCCCCCCCCCC. The quantitative estimate of drug-likeness (QED) is 0.0261. The zero-order valence-corrected chi connectivity index (χ0v) is 55.5. The molecule has 0 fully saturated rings. The monoisotopic (exact) mass is 1160 g/mol. The molecule has 0 amide bonds. The molecule has 0 aliphatic rings. The summed E-state index contributed by atoms with van der Waals surface area (Å²) in [6.45, 7) is 6.56. The summed E-state index contributed by atoms with van der Waals surface area (Å²) in [4.78, 5) is 38.5. The zero-order valence-electron chi connectivity index (χ0n) is 55.5. The van der Waals surface area contributed by atoms with E-state index in [1.807, 2.05) is 0 Å². The van der Waals surface area contributed by atoms with Crippen LogP contribution >= 0.6 is 0 Å². The van der Waals surface area contributed by atoms with Crippen LogP contribution in [-0.2, 0) is 28.6 Å². The van der Waals surface area contributed by atoms with Crippen LogP contribution in [0.5, 0.6) is 0 Å². The van der Waals surface area contributed by atoms with E-state index >= 15 is 0 Å². The number of hydrogen-bond donors (Lipinski definition) is 0. The van der Waals surface area contributed by atoms with Gasteiger partial charge in [0.25, 0.3) is 0 Å². The van der Waals surface area contributed by atoms with Gasteiger partial charge in [-0.1, -0.05) is 344 Å². The minimum absolute atomic E-state index is 0.0784. The Labute approximate surface area is 516 Å². The topological polar surface area (TPSA) is 78.9 Å². The molecule has 0 N–H and O–H groups in total. The summed E-state index contributed by atoms with van der Waals surface area (Å²) in [6.07, 6.45) is 93.7. The molecule has 482 valence electrons. The van der Waals surface area contributed by atoms with Gasteiger partial charge in [0.1, 0.15) is 13.2 Å². The van der Waals surface area contributed by atoms with Crippen molar-refractivity contribution in [2.45, 2.75) is 386 Å². The van der Waals surface area contributed by atoms with Crippen molar-refractivity contribution in [3.05, 3.63) is 72.9 Å². The van der Waals surface area contributed by atoms with Gasteiger partial charge >= 0.3 is 17.9 Å². The van der Waals surface area contributed by atoms with Crippen LogP contribution in [0.3, 0.4) is 0 Å². The molecule has 83 heavy (non-hydrogen) atoms. The third kappa shape index (κ3) is 69.5. The third-order valence-electron chi connectivity index (χ3n) is 16.2. The maximum absolute atomic E-state index is 13.0. The van der Waals surface area contributed by atoms with Crippen LogP contribution in [0, 0.1) is 0 Å². The van der Waals surface area contributed by atoms with Crippen molar-refractivity contribution in [3.8, 4) is 0 Å². The molecule has 0 spiro atoms. The van der Waals surface area contributed by atoms with Crippen molar-refractivity contribution >= 4 is 17.9 Å². The largest absolute Gasteiger partial charge is 0.462 e. The van der Waals surface area contributed by atoms with Gasteiger partial charge in [0, 0.05) is 19.3 Å². The van der Waals surface area contributed by atoms with E-state index < -0.39 is 6.10 Å². The predicted molar refractivity (Wildman–Crippen MR) is 362 cm³/mol. The maximum Gasteiger partial charge on any atom is 0.306 e. The molecular formula is C77H138O6. The van der Waals surface area contributed by atoms with E-state index in [0.29, 0.717) is 19.3 Å². The number of carbonyl (C=O) groups excluding carboxylic acids is 3. The second kappa shape index (κ2) is 71.3. The first-order valence-electron chi connectivity index (χ1n) is 36.4. The fourth-order valence-corrected chi connectivity index (χ4v) is 10.8. The van der Waals surface area contributed by atoms with Crippen LogP contribution in [0.25, 0.3) is 0 Å². The van der Waals surface area contributed by atoms with Crippen molar-refractivity contribution in [3.63, 3.8) is 0 Å². The lowest BCUT2D eigenvalue weighted by Crippen LogP contribution is -2.30. The van der Waals surface area contributed by atoms with Crippen molar-refractivity contribution in [2.75, 3.05) is 13.2 Å². The van der Waals surface area contributed by atoms with Gasteiger partial charge < -0.3 is 14.2 Å². The van der Waals surface area contributed by atoms with E-state index in [-0.39, 0.29) is 31.1 Å². The molecule has 0 bridgehead atoms. The fraction of sp³-hybridized carbons (Fsp3) is 0.805. The Morgan fingerprint density at radius 3 is 0.735 bits per heavy atom. The summed E-state index contributed by atoms with van der Waals surface area (Å²) in [5, 5.41) is 0. The highest BCUT2D eigenvalue weighted by molar-refractivity contribution is 5.71. The molecule has 6 nitrogen and oxygen atoms in total. The average Bonchev–Trinajstić information content (AvgIpc) is 3.49. The molecule has 1 atom stereocenters. The van der Waals surface area contributed by atoms with Crippen LogP contribution in [0.4, 0.5) is 0 Å². The number of ether oxygens (including phenoxy) is 3. The Hall–Kier alpha value is -3.15. The van der Waals surface area contributed by atoms with Crippen molar-refractivity contribution in [1.82, 2.24) is 0 Å². The van der Waals surface area contributed by atoms with Crippen LogP contribution < -0.4 is 0 Å². The standard InChI is InChI=1S/C77H138O6/c1-4-7-10-13-16-19-22-25-28-30-32-34-36-37-38-39-41-42-44-46-49-52-55-58-61-64-67-70-76(79)82-73-74(72-81-75(78)69-66-63-60-57-54-51-48-27-24-21-18-15-12-9-6-3)83-77(80)71-68-65-62-59-56-53-50-47-45-43-40-35-33-31-29-26-23-20-17-14-11-8-5-2/h9,12,18,21-22,25,27,30,32,36-37,48,74H,4-8,10-11,13-17,19-20,23-24,26,28-29,31,33-35,38-47,49-73H2,1-3H3/b12-9-,21-18-,25-22-,32-30-,37-36-,48-27-. The normalized spacial score (nSPS) is 12.5. The van der Waals surface area contributed by atoms with Gasteiger partial charge in [0.15, 0.2) is 6.10 Å². The number of unbranched alkanes of at least 4 members (excludes halogenated alkanes) is 44. The smallest absolute Gasteiger partial charge is 0.306 e. The van der Waals surface area contributed by atoms with Gasteiger partial charge in [0.05, 0.1) is 0 Å². The third-order valence-corrected chi connectivity index (χ3v) is 16.2. The van der Waals surface area contributed by atoms with E-state index in [4.69, 9.17) is 14.2 Å². The van der Waals surface area contributed by atoms with Crippen LogP contribution in [0.1, 0.15) is 380 Å². The summed E-state index contributed by atoms with van der Waals surface area (Å²) in [5.74, 6) is -0.874. The van der Waals surface area contributed by atoms with E-state index in [2.05, 4.69) is 93.7 Å². The maximum atomic E-state index is 13.0. The van der Waals surface area contributed by atoms with Gasteiger partial charge in [-0.2, -0.15) is 0 Å². The lowest BCUT2D eigenvalue weighted by Gasteiger charge is -2.18. The predicted octanol–water partition coefficient (Wildman–Crippen LogP) is 25.2. The zero-order chi connectivity index (χ0) is 59.9. The van der Waals surface area contributed by atoms with Crippen molar-refractivity contribution < 1.29 is 28.6 Å². The van der Waals surface area contributed by atoms with Gasteiger partial charge in [-0.15, -0.1) is 0 Å². The minimum Gasteiger partial charge on any atom is -0.462 e. The minimum atomic E-state index is -0.784. The van der Waals surface area contributed by atoms with Gasteiger partial charge in [0.2, 0.25) is 0 Å². The molecule has 0 saturated carbocycles. The molecule has 0 radical (unpaired) electrons. The van der Waals surface area contributed by atoms with Crippen molar-refractivity contribution in [2.24, 2.45) is 0 Å². The molecule has 0 rings (SSSR count). The molecule has 0 heterocycles. The Morgan fingerprint density at radius 1 is 0.253 bits per heavy atom. The number of esters is 3. The summed E-state index contributed by atoms with van der Waals surface area (Å²) in [5.41, 5.74) is 0. The molecule has 0 aliphatic heterocycles. The fourth-order valence-electron chi connectivity index (χ4n) is 10.8. The van der Waals surface area contributed by atoms with Gasteiger partial charge in [-0.25, -0.2) is 0 Å². The van der Waals surface area contributed by atoms with E-state index in [9.17, 15) is 14.4 Å². The van der Waals surface area contributed by atoms with Crippen LogP contribution in [0.2, 0.25) is 0 Å². The molecular weight excluding hydrogens is 1020 g/mol. The first-order chi connectivity index (χ1) is 41.0. The molecule has 0 saturated heterocycles. The highest BCUT2D eigenvalue weighted by Gasteiger charge is 2.19.